The Bertz CT molecular complexity index is 943. The maximum Gasteiger partial charge on any atom is 0.274 e. The third kappa shape index (κ3) is 4.86. The van der Waals surface area contributed by atoms with Gasteiger partial charge < -0.3 is 14.5 Å². The predicted octanol–water partition coefficient (Wildman–Crippen LogP) is 2.63. The quantitative estimate of drug-likeness (QED) is 0.700. The Balaban J connectivity index is 1.39. The number of aromatic nitrogens is 2. The van der Waals surface area contributed by atoms with Gasteiger partial charge in [0.2, 0.25) is 0 Å². The fourth-order valence-electron chi connectivity index (χ4n) is 5.57. The molecule has 1 aromatic carbocycles. The highest BCUT2D eigenvalue weighted by Gasteiger charge is 2.34. The van der Waals surface area contributed by atoms with Crippen molar-refractivity contribution in [2.45, 2.75) is 58.3 Å². The van der Waals surface area contributed by atoms with E-state index in [9.17, 15) is 4.79 Å². The van der Waals surface area contributed by atoms with Crippen LogP contribution in [0.15, 0.2) is 30.3 Å². The Kier molecular flexibility index (Phi) is 6.81. The first kappa shape index (κ1) is 22.6. The largest absolute Gasteiger partial charge is 0.378 e. The molecule has 0 radical (unpaired) electrons. The van der Waals surface area contributed by atoms with Crippen LogP contribution in [0.1, 0.15) is 54.0 Å². The Hall–Kier alpha value is -2.22. The first-order valence-electron chi connectivity index (χ1n) is 12.6. The molecule has 4 heterocycles. The van der Waals surface area contributed by atoms with Crippen molar-refractivity contribution < 1.29 is 9.53 Å². The van der Waals surface area contributed by atoms with E-state index in [1.54, 1.807) is 0 Å². The van der Waals surface area contributed by atoms with Gasteiger partial charge in [-0.15, -0.1) is 0 Å². The maximum absolute atomic E-state index is 13.5. The van der Waals surface area contributed by atoms with E-state index in [-0.39, 0.29) is 5.91 Å². The number of piperidine rings is 1. The molecule has 3 aliphatic rings. The average Bonchev–Trinajstić information content (AvgIpc) is 3.22. The summed E-state index contributed by atoms with van der Waals surface area (Å²) in [6.07, 6.45) is 3.37. The summed E-state index contributed by atoms with van der Waals surface area (Å²) in [4.78, 5) is 20.6. The van der Waals surface area contributed by atoms with Crippen LogP contribution in [-0.2, 0) is 24.2 Å². The highest BCUT2D eigenvalue weighted by atomic mass is 16.5. The van der Waals surface area contributed by atoms with Crippen LogP contribution in [0.4, 0.5) is 0 Å². The van der Waals surface area contributed by atoms with E-state index in [0.717, 1.165) is 25.1 Å². The van der Waals surface area contributed by atoms with E-state index in [2.05, 4.69) is 52.6 Å². The van der Waals surface area contributed by atoms with E-state index < -0.39 is 0 Å². The number of nitrogens with zero attached hydrogens (tertiary/aromatic N) is 5. The number of fused-ring (bicyclic) bond motifs is 1. The van der Waals surface area contributed by atoms with Gasteiger partial charge >= 0.3 is 0 Å². The first-order valence-corrected chi connectivity index (χ1v) is 12.6. The van der Waals surface area contributed by atoms with Gasteiger partial charge in [0, 0.05) is 55.9 Å². The number of morpholine rings is 1. The molecule has 1 amide bonds. The van der Waals surface area contributed by atoms with Crippen LogP contribution in [0.5, 0.6) is 0 Å². The Labute approximate surface area is 197 Å². The molecule has 0 atom stereocenters. The molecular weight excluding hydrogens is 414 g/mol. The number of carbonyl (C=O) groups excluding carboxylic acids is 1. The number of carbonyl (C=O) groups is 1. The summed E-state index contributed by atoms with van der Waals surface area (Å²) in [5.74, 6) is 0.0674. The van der Waals surface area contributed by atoms with Gasteiger partial charge in [0.15, 0.2) is 5.69 Å². The van der Waals surface area contributed by atoms with Crippen molar-refractivity contribution in [2.24, 2.45) is 0 Å². The summed E-state index contributed by atoms with van der Waals surface area (Å²) >= 11 is 0. The van der Waals surface area contributed by atoms with Gasteiger partial charge in [-0.05, 0) is 45.3 Å². The summed E-state index contributed by atoms with van der Waals surface area (Å²) in [6.45, 7) is 12.0. The van der Waals surface area contributed by atoms with Crippen molar-refractivity contribution >= 4 is 5.91 Å². The van der Waals surface area contributed by atoms with Gasteiger partial charge in [0.25, 0.3) is 5.91 Å². The van der Waals surface area contributed by atoms with Crippen molar-refractivity contribution in [2.75, 3.05) is 45.9 Å². The molecule has 0 spiro atoms. The van der Waals surface area contributed by atoms with Crippen LogP contribution < -0.4 is 0 Å². The molecule has 5 rings (SSSR count). The molecular formula is C26H37N5O2. The van der Waals surface area contributed by atoms with Gasteiger partial charge in [0.05, 0.1) is 19.8 Å². The van der Waals surface area contributed by atoms with Crippen molar-refractivity contribution in [3.8, 4) is 0 Å². The van der Waals surface area contributed by atoms with Crippen LogP contribution in [0.3, 0.4) is 0 Å². The summed E-state index contributed by atoms with van der Waals surface area (Å²) in [6, 6.07) is 11.7. The zero-order valence-corrected chi connectivity index (χ0v) is 20.1. The summed E-state index contributed by atoms with van der Waals surface area (Å²) < 4.78 is 7.57. The lowest BCUT2D eigenvalue weighted by Crippen LogP contribution is -2.48. The average molecular weight is 452 g/mol. The minimum Gasteiger partial charge on any atom is -0.378 e. The van der Waals surface area contributed by atoms with E-state index in [1.807, 2.05) is 11.0 Å². The zero-order valence-electron chi connectivity index (χ0n) is 20.1. The zero-order chi connectivity index (χ0) is 22.8. The highest BCUT2D eigenvalue weighted by Crippen LogP contribution is 2.29. The lowest BCUT2D eigenvalue weighted by Gasteiger charge is -2.41. The van der Waals surface area contributed by atoms with Crippen LogP contribution >= 0.6 is 0 Å². The molecule has 7 nitrogen and oxygen atoms in total. The smallest absolute Gasteiger partial charge is 0.274 e. The maximum atomic E-state index is 13.5. The van der Waals surface area contributed by atoms with Crippen LogP contribution in [0.2, 0.25) is 0 Å². The highest BCUT2D eigenvalue weighted by molar-refractivity contribution is 5.94. The SMILES string of the molecule is CC(C)N1CCC(N2CCc3c(c(C(=O)N4CCOCC4)nn3Cc3ccccc3)C2)CC1. The molecule has 1 aromatic heterocycles. The number of rotatable bonds is 5. The molecule has 33 heavy (non-hydrogen) atoms. The predicted molar refractivity (Wildman–Crippen MR) is 128 cm³/mol. The lowest BCUT2D eigenvalue weighted by molar-refractivity contribution is 0.0296. The normalized spacial score (nSPS) is 20.9. The van der Waals surface area contributed by atoms with Crippen molar-refractivity contribution in [3.05, 3.63) is 52.8 Å². The van der Waals surface area contributed by atoms with Crippen LogP contribution in [-0.4, -0.2) is 88.4 Å². The van der Waals surface area contributed by atoms with Gasteiger partial charge in [-0.25, -0.2) is 0 Å². The minimum absolute atomic E-state index is 0.0674. The van der Waals surface area contributed by atoms with Crippen LogP contribution in [0, 0.1) is 0 Å². The number of hydrogen-bond donors (Lipinski definition) is 0. The van der Waals surface area contributed by atoms with Crippen molar-refractivity contribution in [1.29, 1.82) is 0 Å². The second kappa shape index (κ2) is 9.95. The molecule has 0 unspecified atom stereocenters. The molecule has 2 saturated heterocycles. The summed E-state index contributed by atoms with van der Waals surface area (Å²) in [7, 11) is 0. The molecule has 0 aliphatic carbocycles. The fraction of sp³-hybridized carbons (Fsp3) is 0.615. The molecule has 0 saturated carbocycles. The van der Waals surface area contributed by atoms with Gasteiger partial charge in [-0.2, -0.15) is 5.10 Å². The number of benzene rings is 1. The second-order valence-electron chi connectivity index (χ2n) is 9.90. The van der Waals surface area contributed by atoms with E-state index >= 15 is 0 Å². The van der Waals surface area contributed by atoms with E-state index in [4.69, 9.17) is 9.84 Å². The monoisotopic (exact) mass is 451 g/mol. The van der Waals surface area contributed by atoms with Gasteiger partial charge in [-0.3, -0.25) is 14.4 Å². The molecule has 3 aliphatic heterocycles. The second-order valence-corrected chi connectivity index (χ2v) is 9.90. The lowest BCUT2D eigenvalue weighted by atomic mass is 9.97. The Morgan fingerprint density at radius 1 is 1.06 bits per heavy atom. The Morgan fingerprint density at radius 2 is 1.79 bits per heavy atom. The van der Waals surface area contributed by atoms with Crippen LogP contribution in [0.25, 0.3) is 0 Å². The van der Waals surface area contributed by atoms with Gasteiger partial charge in [0.1, 0.15) is 0 Å². The van der Waals surface area contributed by atoms with Crippen molar-refractivity contribution in [1.82, 2.24) is 24.5 Å². The minimum atomic E-state index is 0.0674. The van der Waals surface area contributed by atoms with Crippen molar-refractivity contribution in [3.63, 3.8) is 0 Å². The standard InChI is InChI=1S/C26H37N5O2/c1-20(2)28-11-8-22(9-12-28)30-13-10-24-23(19-30)25(26(32)29-14-16-33-17-15-29)27-31(24)18-21-6-4-3-5-7-21/h3-7,20,22H,8-19H2,1-2H3. The summed E-state index contributed by atoms with van der Waals surface area (Å²) in [5.41, 5.74) is 4.27. The third-order valence-corrected chi connectivity index (χ3v) is 7.59. The molecule has 178 valence electrons. The van der Waals surface area contributed by atoms with E-state index in [0.29, 0.717) is 50.6 Å². The Morgan fingerprint density at radius 3 is 2.48 bits per heavy atom. The summed E-state index contributed by atoms with van der Waals surface area (Å²) in [5, 5.41) is 4.93. The molecule has 0 bridgehead atoms. The first-order chi connectivity index (χ1) is 16.1. The number of amides is 1. The third-order valence-electron chi connectivity index (χ3n) is 7.59. The van der Waals surface area contributed by atoms with E-state index in [1.165, 1.54) is 37.2 Å². The number of hydrogen-bond acceptors (Lipinski definition) is 5. The molecule has 0 N–H and O–H groups in total. The molecule has 2 fully saturated rings. The number of ether oxygens (including phenoxy) is 1. The molecule has 2 aromatic rings. The fourth-order valence-corrected chi connectivity index (χ4v) is 5.57. The molecule has 7 heteroatoms. The van der Waals surface area contributed by atoms with Gasteiger partial charge in [-0.1, -0.05) is 30.3 Å². The number of likely N-dealkylation sites (tertiary alicyclic amines) is 1. The topological polar surface area (TPSA) is 53.8 Å².